The Morgan fingerprint density at radius 2 is 1.45 bits per heavy atom. The number of ether oxygens (including phenoxy) is 1. The SMILES string of the molecule is COC(=O)CCCCC(=O)ON1C(=O)c2ccccc2C1=O. The maximum atomic E-state index is 12.0. The van der Waals surface area contributed by atoms with Crippen LogP contribution in [0.15, 0.2) is 24.3 Å². The molecule has 1 aromatic rings. The van der Waals surface area contributed by atoms with Gasteiger partial charge in [-0.3, -0.25) is 14.4 Å². The molecule has 1 aliphatic rings. The van der Waals surface area contributed by atoms with E-state index in [0.29, 0.717) is 17.9 Å². The van der Waals surface area contributed by atoms with Crippen LogP contribution >= 0.6 is 0 Å². The van der Waals surface area contributed by atoms with Crippen LogP contribution in [-0.2, 0) is 19.2 Å². The highest BCUT2D eigenvalue weighted by Gasteiger charge is 2.38. The molecule has 0 fully saturated rings. The zero-order valence-corrected chi connectivity index (χ0v) is 12.0. The van der Waals surface area contributed by atoms with Gasteiger partial charge >= 0.3 is 11.9 Å². The van der Waals surface area contributed by atoms with Crippen LogP contribution in [0.2, 0.25) is 0 Å². The average molecular weight is 305 g/mol. The highest BCUT2D eigenvalue weighted by atomic mass is 16.7. The number of fused-ring (bicyclic) bond motifs is 1. The molecule has 0 atom stereocenters. The molecule has 0 aromatic heterocycles. The largest absolute Gasteiger partial charge is 0.469 e. The third kappa shape index (κ3) is 3.30. The van der Waals surface area contributed by atoms with E-state index >= 15 is 0 Å². The molecule has 1 heterocycles. The molecular weight excluding hydrogens is 290 g/mol. The summed E-state index contributed by atoms with van der Waals surface area (Å²) in [4.78, 5) is 51.3. The fourth-order valence-corrected chi connectivity index (χ4v) is 2.04. The van der Waals surface area contributed by atoms with Gasteiger partial charge in [0.25, 0.3) is 11.8 Å². The predicted molar refractivity (Wildman–Crippen MR) is 73.5 cm³/mol. The number of hydroxylamine groups is 2. The maximum absolute atomic E-state index is 12.0. The number of hydrogen-bond donors (Lipinski definition) is 0. The zero-order valence-electron chi connectivity index (χ0n) is 12.0. The van der Waals surface area contributed by atoms with Gasteiger partial charge in [-0.15, -0.1) is 0 Å². The van der Waals surface area contributed by atoms with E-state index in [-0.39, 0.29) is 29.9 Å². The van der Waals surface area contributed by atoms with Gasteiger partial charge in [0.05, 0.1) is 18.2 Å². The Hall–Kier alpha value is -2.70. The summed E-state index contributed by atoms with van der Waals surface area (Å²) >= 11 is 0. The topological polar surface area (TPSA) is 90.0 Å². The Morgan fingerprint density at radius 1 is 0.955 bits per heavy atom. The number of imide groups is 1. The van der Waals surface area contributed by atoms with Crippen molar-refractivity contribution in [2.75, 3.05) is 7.11 Å². The average Bonchev–Trinajstić information content (AvgIpc) is 2.77. The number of unbranched alkanes of at least 4 members (excludes halogenated alkanes) is 1. The lowest BCUT2D eigenvalue weighted by Gasteiger charge is -2.12. The quantitative estimate of drug-likeness (QED) is 0.449. The summed E-state index contributed by atoms with van der Waals surface area (Å²) in [6.07, 6.45) is 1.07. The molecule has 2 amide bonds. The van der Waals surface area contributed by atoms with Crippen LogP contribution in [-0.4, -0.2) is 35.9 Å². The fourth-order valence-electron chi connectivity index (χ4n) is 2.04. The van der Waals surface area contributed by atoms with Crippen LogP contribution in [0.4, 0.5) is 0 Å². The molecule has 1 aliphatic heterocycles. The van der Waals surface area contributed by atoms with E-state index in [4.69, 9.17) is 4.84 Å². The predicted octanol–water partition coefficient (Wildman–Crippen LogP) is 1.47. The lowest BCUT2D eigenvalue weighted by Crippen LogP contribution is -2.32. The van der Waals surface area contributed by atoms with Gasteiger partial charge in [0, 0.05) is 12.8 Å². The number of hydrogen-bond acceptors (Lipinski definition) is 6. The van der Waals surface area contributed by atoms with Crippen LogP contribution in [0.1, 0.15) is 46.4 Å². The zero-order chi connectivity index (χ0) is 16.1. The molecule has 1 aromatic carbocycles. The van der Waals surface area contributed by atoms with Crippen molar-refractivity contribution in [3.8, 4) is 0 Å². The van der Waals surface area contributed by atoms with Crippen molar-refractivity contribution in [1.29, 1.82) is 0 Å². The fraction of sp³-hybridized carbons (Fsp3) is 0.333. The van der Waals surface area contributed by atoms with Crippen molar-refractivity contribution in [3.63, 3.8) is 0 Å². The second kappa shape index (κ2) is 6.84. The molecule has 7 nitrogen and oxygen atoms in total. The summed E-state index contributed by atoms with van der Waals surface area (Å²) in [5, 5.41) is 0.479. The van der Waals surface area contributed by atoms with E-state index in [2.05, 4.69) is 4.74 Å². The molecular formula is C15H15NO6. The van der Waals surface area contributed by atoms with E-state index in [1.807, 2.05) is 0 Å². The van der Waals surface area contributed by atoms with E-state index in [1.54, 1.807) is 12.1 Å². The highest BCUT2D eigenvalue weighted by molar-refractivity contribution is 6.20. The first-order chi connectivity index (χ1) is 10.5. The van der Waals surface area contributed by atoms with Crippen molar-refractivity contribution >= 4 is 23.8 Å². The van der Waals surface area contributed by atoms with Crippen LogP contribution in [0.25, 0.3) is 0 Å². The van der Waals surface area contributed by atoms with Crippen LogP contribution in [0, 0.1) is 0 Å². The van der Waals surface area contributed by atoms with Crippen LogP contribution < -0.4 is 0 Å². The van der Waals surface area contributed by atoms with Gasteiger partial charge < -0.3 is 9.57 Å². The molecule has 0 unspecified atom stereocenters. The summed E-state index contributed by atoms with van der Waals surface area (Å²) in [7, 11) is 1.29. The number of benzene rings is 1. The van der Waals surface area contributed by atoms with Gasteiger partial charge in [0.1, 0.15) is 0 Å². The first-order valence-corrected chi connectivity index (χ1v) is 6.80. The third-order valence-corrected chi connectivity index (χ3v) is 3.19. The Kier molecular flexibility index (Phi) is 4.88. The third-order valence-electron chi connectivity index (χ3n) is 3.19. The van der Waals surface area contributed by atoms with Gasteiger partial charge in [-0.05, 0) is 25.0 Å². The number of methoxy groups -OCH3 is 1. The van der Waals surface area contributed by atoms with Crippen LogP contribution in [0.5, 0.6) is 0 Å². The molecule has 7 heteroatoms. The molecule has 0 saturated carbocycles. The molecule has 0 N–H and O–H groups in total. The van der Waals surface area contributed by atoms with Gasteiger partial charge in [-0.1, -0.05) is 17.2 Å². The van der Waals surface area contributed by atoms with E-state index < -0.39 is 17.8 Å². The summed E-state index contributed by atoms with van der Waals surface area (Å²) < 4.78 is 4.48. The minimum absolute atomic E-state index is 0.00436. The molecule has 22 heavy (non-hydrogen) atoms. The standard InChI is InChI=1S/C15H15NO6/c1-21-12(17)8-4-5-9-13(18)22-16-14(19)10-6-2-3-7-11(10)15(16)20/h2-3,6-7H,4-5,8-9H2,1H3. The number of carbonyl (C=O) groups excluding carboxylic acids is 4. The first kappa shape index (κ1) is 15.7. The van der Waals surface area contributed by atoms with E-state index in [1.165, 1.54) is 19.2 Å². The summed E-state index contributed by atoms with van der Waals surface area (Å²) in [5.74, 6) is -2.35. The molecule has 0 spiro atoms. The minimum atomic E-state index is -0.695. The molecule has 0 bridgehead atoms. The van der Waals surface area contributed by atoms with Crippen molar-refractivity contribution in [2.24, 2.45) is 0 Å². The Morgan fingerprint density at radius 3 is 1.95 bits per heavy atom. The smallest absolute Gasteiger partial charge is 0.333 e. The normalized spacial score (nSPS) is 13.0. The number of rotatable bonds is 6. The van der Waals surface area contributed by atoms with E-state index in [0.717, 1.165) is 0 Å². The molecule has 116 valence electrons. The van der Waals surface area contributed by atoms with Crippen molar-refractivity contribution in [2.45, 2.75) is 25.7 Å². The highest BCUT2D eigenvalue weighted by Crippen LogP contribution is 2.22. The van der Waals surface area contributed by atoms with Gasteiger partial charge in [0.2, 0.25) is 0 Å². The molecule has 2 rings (SSSR count). The lowest BCUT2D eigenvalue weighted by molar-refractivity contribution is -0.168. The molecule has 0 aliphatic carbocycles. The molecule has 0 saturated heterocycles. The van der Waals surface area contributed by atoms with Gasteiger partial charge in [0.15, 0.2) is 0 Å². The second-order valence-electron chi connectivity index (χ2n) is 4.70. The summed E-state index contributed by atoms with van der Waals surface area (Å²) in [6, 6.07) is 6.25. The number of esters is 1. The van der Waals surface area contributed by atoms with Crippen LogP contribution in [0.3, 0.4) is 0 Å². The number of nitrogens with zero attached hydrogens (tertiary/aromatic N) is 1. The summed E-state index contributed by atoms with van der Waals surface area (Å²) in [6.45, 7) is 0. The number of amides is 2. The number of carbonyl (C=O) groups is 4. The Balaban J connectivity index is 1.85. The monoisotopic (exact) mass is 305 g/mol. The maximum Gasteiger partial charge on any atom is 0.333 e. The molecule has 0 radical (unpaired) electrons. The van der Waals surface area contributed by atoms with Crippen molar-refractivity contribution < 1.29 is 28.8 Å². The van der Waals surface area contributed by atoms with Crippen molar-refractivity contribution in [3.05, 3.63) is 35.4 Å². The summed E-state index contributed by atoms with van der Waals surface area (Å²) in [5.41, 5.74) is 0.428. The Bertz CT molecular complexity index is 589. The van der Waals surface area contributed by atoms with Crippen molar-refractivity contribution in [1.82, 2.24) is 5.06 Å². The van der Waals surface area contributed by atoms with Gasteiger partial charge in [-0.2, -0.15) is 0 Å². The second-order valence-corrected chi connectivity index (χ2v) is 4.70. The minimum Gasteiger partial charge on any atom is -0.469 e. The lowest BCUT2D eigenvalue weighted by atomic mass is 10.1. The Labute approximate surface area is 126 Å². The van der Waals surface area contributed by atoms with E-state index in [9.17, 15) is 19.2 Å². The first-order valence-electron chi connectivity index (χ1n) is 6.80. The van der Waals surface area contributed by atoms with Gasteiger partial charge in [-0.25, -0.2) is 4.79 Å².